The number of carbonyl (C=O) groups is 2. The average molecular weight is 339 g/mol. The van der Waals surface area contributed by atoms with Crippen molar-refractivity contribution >= 4 is 33.4 Å². The summed E-state index contributed by atoms with van der Waals surface area (Å²) in [5.74, 6) is -0.0778. The Hall–Kier alpha value is -1.36. The maximum Gasteiger partial charge on any atom is 0.252 e. The standard InChI is InChI=1S/C15H19BrN2O2/c1-3-15(4-2)14(20)18(9-8-13(19)17-15)12-7-5-6-11(16)10-12/h5-7,10H,3-4,8-9H2,1-2H3,(H,17,19). The number of hydrogen-bond acceptors (Lipinski definition) is 2. The highest BCUT2D eigenvalue weighted by molar-refractivity contribution is 9.10. The molecule has 0 aromatic heterocycles. The molecule has 1 aromatic rings. The van der Waals surface area contributed by atoms with E-state index in [0.29, 0.717) is 25.8 Å². The van der Waals surface area contributed by atoms with Gasteiger partial charge in [0.1, 0.15) is 5.54 Å². The Balaban J connectivity index is 2.42. The first-order valence-corrected chi connectivity index (χ1v) is 7.70. The van der Waals surface area contributed by atoms with E-state index in [2.05, 4.69) is 21.2 Å². The van der Waals surface area contributed by atoms with Crippen LogP contribution in [0, 0.1) is 0 Å². The van der Waals surface area contributed by atoms with Crippen molar-refractivity contribution in [1.82, 2.24) is 5.32 Å². The van der Waals surface area contributed by atoms with Crippen LogP contribution < -0.4 is 10.2 Å². The lowest BCUT2D eigenvalue weighted by Crippen LogP contribution is -2.56. The first-order chi connectivity index (χ1) is 9.52. The first kappa shape index (κ1) is 15.0. The van der Waals surface area contributed by atoms with Gasteiger partial charge in [-0.3, -0.25) is 9.59 Å². The molecule has 0 atom stereocenters. The Morgan fingerprint density at radius 3 is 2.60 bits per heavy atom. The minimum absolute atomic E-state index is 0.0218. The molecule has 1 aromatic carbocycles. The van der Waals surface area contributed by atoms with Crippen LogP contribution in [0.1, 0.15) is 33.1 Å². The van der Waals surface area contributed by atoms with Gasteiger partial charge in [-0.1, -0.05) is 35.8 Å². The van der Waals surface area contributed by atoms with Crippen molar-refractivity contribution in [1.29, 1.82) is 0 Å². The van der Waals surface area contributed by atoms with E-state index in [1.54, 1.807) is 4.90 Å². The summed E-state index contributed by atoms with van der Waals surface area (Å²) in [6, 6.07) is 7.62. The van der Waals surface area contributed by atoms with Gasteiger partial charge < -0.3 is 10.2 Å². The van der Waals surface area contributed by atoms with Crippen LogP contribution in [0.4, 0.5) is 5.69 Å². The van der Waals surface area contributed by atoms with Crippen LogP contribution in [0.5, 0.6) is 0 Å². The van der Waals surface area contributed by atoms with Crippen molar-refractivity contribution in [2.45, 2.75) is 38.6 Å². The summed E-state index contributed by atoms with van der Waals surface area (Å²) in [7, 11) is 0. The molecule has 0 unspecified atom stereocenters. The van der Waals surface area contributed by atoms with Crippen LogP contribution in [-0.4, -0.2) is 23.9 Å². The molecule has 4 nitrogen and oxygen atoms in total. The molecule has 1 aliphatic rings. The van der Waals surface area contributed by atoms with Crippen molar-refractivity contribution in [3.05, 3.63) is 28.7 Å². The van der Waals surface area contributed by atoms with E-state index in [1.165, 1.54) is 0 Å². The van der Waals surface area contributed by atoms with E-state index in [0.717, 1.165) is 10.2 Å². The summed E-state index contributed by atoms with van der Waals surface area (Å²) in [6.07, 6.45) is 1.52. The zero-order valence-corrected chi connectivity index (χ0v) is 13.4. The second kappa shape index (κ2) is 5.95. The number of hydrogen-bond donors (Lipinski definition) is 1. The van der Waals surface area contributed by atoms with E-state index >= 15 is 0 Å². The molecule has 1 saturated heterocycles. The predicted octanol–water partition coefficient (Wildman–Crippen LogP) is 2.86. The number of benzene rings is 1. The van der Waals surface area contributed by atoms with Gasteiger partial charge in [0.2, 0.25) is 5.91 Å². The minimum Gasteiger partial charge on any atom is -0.342 e. The molecule has 0 radical (unpaired) electrons. The maximum absolute atomic E-state index is 12.9. The second-order valence-corrected chi connectivity index (χ2v) is 5.94. The van der Waals surface area contributed by atoms with Crippen molar-refractivity contribution in [3.63, 3.8) is 0 Å². The van der Waals surface area contributed by atoms with Crippen molar-refractivity contribution < 1.29 is 9.59 Å². The highest BCUT2D eigenvalue weighted by atomic mass is 79.9. The van der Waals surface area contributed by atoms with Crippen LogP contribution in [0.2, 0.25) is 0 Å². The zero-order chi connectivity index (χ0) is 14.8. The van der Waals surface area contributed by atoms with Crippen LogP contribution in [-0.2, 0) is 9.59 Å². The molecule has 20 heavy (non-hydrogen) atoms. The maximum atomic E-state index is 12.9. The minimum atomic E-state index is -0.782. The molecule has 1 aliphatic heterocycles. The number of nitrogens with zero attached hydrogens (tertiary/aromatic N) is 1. The van der Waals surface area contributed by atoms with Gasteiger partial charge in [0, 0.05) is 23.1 Å². The lowest BCUT2D eigenvalue weighted by molar-refractivity contribution is -0.130. The van der Waals surface area contributed by atoms with Gasteiger partial charge in [0.05, 0.1) is 0 Å². The Morgan fingerprint density at radius 2 is 2.00 bits per heavy atom. The van der Waals surface area contributed by atoms with Crippen LogP contribution in [0.25, 0.3) is 0 Å². The largest absolute Gasteiger partial charge is 0.342 e. The molecule has 5 heteroatoms. The second-order valence-electron chi connectivity index (χ2n) is 5.02. The molecule has 1 N–H and O–H groups in total. The summed E-state index contributed by atoms with van der Waals surface area (Å²) < 4.78 is 0.921. The molecule has 1 heterocycles. The Morgan fingerprint density at radius 1 is 1.30 bits per heavy atom. The number of anilines is 1. The number of halogens is 1. The molecule has 1 fully saturated rings. The molecule has 2 rings (SSSR count). The molecule has 0 aliphatic carbocycles. The van der Waals surface area contributed by atoms with Crippen LogP contribution in [0.15, 0.2) is 28.7 Å². The fourth-order valence-electron chi connectivity index (χ4n) is 2.58. The summed E-state index contributed by atoms with van der Waals surface area (Å²) in [5.41, 5.74) is 0.0442. The van der Waals surface area contributed by atoms with Gasteiger partial charge in [-0.25, -0.2) is 0 Å². The SMILES string of the molecule is CCC1(CC)NC(=O)CCN(c2cccc(Br)c2)C1=O. The van der Waals surface area contributed by atoms with Gasteiger partial charge in [0.25, 0.3) is 5.91 Å². The first-order valence-electron chi connectivity index (χ1n) is 6.91. The summed E-state index contributed by atoms with van der Waals surface area (Å²) in [6.45, 7) is 4.29. The molecule has 0 bridgehead atoms. The third-order valence-electron chi connectivity index (χ3n) is 3.92. The number of nitrogens with one attached hydrogen (secondary N) is 1. The molecule has 0 saturated carbocycles. The topological polar surface area (TPSA) is 49.4 Å². The number of rotatable bonds is 3. The summed E-state index contributed by atoms with van der Waals surface area (Å²) >= 11 is 3.42. The molecule has 0 spiro atoms. The van der Waals surface area contributed by atoms with E-state index in [9.17, 15) is 9.59 Å². The average Bonchev–Trinajstić information content (AvgIpc) is 2.56. The lowest BCUT2D eigenvalue weighted by atomic mass is 9.91. The van der Waals surface area contributed by atoms with Gasteiger partial charge in [0.15, 0.2) is 0 Å². The van der Waals surface area contributed by atoms with E-state index in [1.807, 2.05) is 38.1 Å². The summed E-state index contributed by atoms with van der Waals surface area (Å²) in [4.78, 5) is 26.5. The predicted molar refractivity (Wildman–Crippen MR) is 82.6 cm³/mol. The fourth-order valence-corrected chi connectivity index (χ4v) is 2.96. The highest BCUT2D eigenvalue weighted by Crippen LogP contribution is 2.27. The Kier molecular flexibility index (Phi) is 4.48. The van der Waals surface area contributed by atoms with E-state index in [4.69, 9.17) is 0 Å². The Bertz CT molecular complexity index is 526. The lowest BCUT2D eigenvalue weighted by Gasteiger charge is -2.33. The highest BCUT2D eigenvalue weighted by Gasteiger charge is 2.42. The fraction of sp³-hybridized carbons (Fsp3) is 0.467. The third-order valence-corrected chi connectivity index (χ3v) is 4.42. The smallest absolute Gasteiger partial charge is 0.252 e. The molecule has 2 amide bonds. The quantitative estimate of drug-likeness (QED) is 0.921. The van der Waals surface area contributed by atoms with E-state index in [-0.39, 0.29) is 11.8 Å². The third kappa shape index (κ3) is 2.73. The van der Waals surface area contributed by atoms with Crippen molar-refractivity contribution in [2.24, 2.45) is 0 Å². The molecule has 108 valence electrons. The van der Waals surface area contributed by atoms with Crippen molar-refractivity contribution in [3.8, 4) is 0 Å². The van der Waals surface area contributed by atoms with Gasteiger partial charge in [-0.05, 0) is 31.0 Å². The van der Waals surface area contributed by atoms with Crippen LogP contribution >= 0.6 is 15.9 Å². The monoisotopic (exact) mass is 338 g/mol. The summed E-state index contributed by atoms with van der Waals surface area (Å²) in [5, 5.41) is 2.91. The van der Waals surface area contributed by atoms with Gasteiger partial charge in [-0.2, -0.15) is 0 Å². The molecular formula is C15H19BrN2O2. The number of carbonyl (C=O) groups excluding carboxylic acids is 2. The number of amides is 2. The van der Waals surface area contributed by atoms with Gasteiger partial charge >= 0.3 is 0 Å². The van der Waals surface area contributed by atoms with Gasteiger partial charge in [-0.15, -0.1) is 0 Å². The molecular weight excluding hydrogens is 320 g/mol. The van der Waals surface area contributed by atoms with Crippen LogP contribution in [0.3, 0.4) is 0 Å². The van der Waals surface area contributed by atoms with Crippen molar-refractivity contribution in [2.75, 3.05) is 11.4 Å². The Labute approximate surface area is 127 Å². The van der Waals surface area contributed by atoms with E-state index < -0.39 is 5.54 Å². The zero-order valence-electron chi connectivity index (χ0n) is 11.8. The normalized spacial score (nSPS) is 18.6.